The Labute approximate surface area is 125 Å². The summed E-state index contributed by atoms with van der Waals surface area (Å²) in [5.74, 6) is -0.226. The Morgan fingerprint density at radius 2 is 1.84 bits per heavy atom. The molecule has 0 saturated heterocycles. The summed E-state index contributed by atoms with van der Waals surface area (Å²) in [6, 6.07) is 6.61. The van der Waals surface area contributed by atoms with Crippen LogP contribution in [0.15, 0.2) is 24.3 Å². The third kappa shape index (κ3) is 3.94. The maximum Gasteiger partial charge on any atom is 0.233 e. The normalized spacial score (nSPS) is 12.7. The lowest BCUT2D eigenvalue weighted by Gasteiger charge is -2.24. The summed E-state index contributed by atoms with van der Waals surface area (Å²) < 4.78 is 5.44. The molecule has 0 aromatic heterocycles. The van der Waals surface area contributed by atoms with E-state index in [1.165, 1.54) is 7.05 Å². The molecule has 0 spiro atoms. The maximum absolute atomic E-state index is 12.2. The largest absolute Gasteiger partial charge is 0.471 e. The monoisotopic (exact) mass is 347 g/mol. The Hall–Kier alpha value is -1.07. The molecule has 1 N–H and O–H groups in total. The van der Waals surface area contributed by atoms with Crippen LogP contribution in [0.5, 0.6) is 5.75 Å². The summed E-state index contributed by atoms with van der Waals surface area (Å²) >= 11 is 8.90. The van der Waals surface area contributed by atoms with E-state index in [0.29, 0.717) is 10.8 Å². The number of Topliss-reactive ketones (excluding diaryl/α,β-unsaturated/α-hetero) is 1. The predicted octanol–water partition coefficient (Wildman–Crippen LogP) is 2.78. The minimum atomic E-state index is -1.17. The first-order valence-corrected chi connectivity index (χ1v) is 6.91. The Morgan fingerprint density at radius 3 is 2.32 bits per heavy atom. The fraction of sp³-hybridized carbons (Fsp3) is 0.385. The van der Waals surface area contributed by atoms with Gasteiger partial charge in [-0.25, -0.2) is 0 Å². The Kier molecular flexibility index (Phi) is 5.38. The van der Waals surface area contributed by atoms with Gasteiger partial charge in [0.15, 0.2) is 5.78 Å². The van der Waals surface area contributed by atoms with Crippen LogP contribution in [0, 0.1) is 5.41 Å². The summed E-state index contributed by atoms with van der Waals surface area (Å²) in [5, 5.41) is 2.14. The number of alkyl halides is 1. The molecule has 0 aliphatic rings. The van der Waals surface area contributed by atoms with E-state index < -0.39 is 10.4 Å². The molecule has 1 rings (SSSR count). The van der Waals surface area contributed by atoms with Gasteiger partial charge in [0.05, 0.1) is 0 Å². The van der Waals surface area contributed by atoms with Crippen molar-refractivity contribution in [2.75, 3.05) is 7.05 Å². The van der Waals surface area contributed by atoms with Crippen molar-refractivity contribution < 1.29 is 14.3 Å². The molecule has 0 aliphatic heterocycles. The first-order chi connectivity index (χ1) is 8.78. The van der Waals surface area contributed by atoms with Crippen molar-refractivity contribution in [3.8, 4) is 5.75 Å². The zero-order valence-corrected chi connectivity index (χ0v) is 13.2. The van der Waals surface area contributed by atoms with E-state index in [-0.39, 0.29) is 11.7 Å². The highest BCUT2D eigenvalue weighted by atomic mass is 79.9. The number of carbonyl (C=O) groups excluding carboxylic acids is 2. The van der Waals surface area contributed by atoms with Crippen LogP contribution >= 0.6 is 27.5 Å². The summed E-state index contributed by atoms with van der Waals surface area (Å²) in [6.07, 6.45) is 0. The second-order valence-electron chi connectivity index (χ2n) is 4.46. The summed E-state index contributed by atoms with van der Waals surface area (Å²) in [4.78, 5) is 23.8. The molecule has 1 aromatic carbocycles. The molecule has 0 aliphatic carbocycles. The molecule has 1 aromatic rings. The van der Waals surface area contributed by atoms with Crippen LogP contribution in [0.1, 0.15) is 13.8 Å². The molecule has 104 valence electrons. The van der Waals surface area contributed by atoms with Crippen molar-refractivity contribution >= 4 is 39.2 Å². The maximum atomic E-state index is 12.2. The van der Waals surface area contributed by atoms with Gasteiger partial charge in [-0.15, -0.1) is 0 Å². The summed E-state index contributed by atoms with van der Waals surface area (Å²) in [6.45, 7) is 3.10. The number of rotatable bonds is 5. The first kappa shape index (κ1) is 16.0. The second kappa shape index (κ2) is 6.39. The van der Waals surface area contributed by atoms with Gasteiger partial charge in [-0.2, -0.15) is 0 Å². The van der Waals surface area contributed by atoms with Crippen LogP contribution in [-0.2, 0) is 9.59 Å². The number of hydrogen-bond donors (Lipinski definition) is 1. The molecular weight excluding hydrogens is 334 g/mol. The molecule has 0 saturated carbocycles. The molecule has 0 fully saturated rings. The highest BCUT2D eigenvalue weighted by Crippen LogP contribution is 2.25. The highest BCUT2D eigenvalue weighted by molar-refractivity contribution is 9.09. The van der Waals surface area contributed by atoms with Crippen molar-refractivity contribution in [3.05, 3.63) is 29.3 Å². The predicted molar refractivity (Wildman–Crippen MR) is 77.6 cm³/mol. The Balaban J connectivity index is 2.77. The quantitative estimate of drug-likeness (QED) is 0.657. The lowest BCUT2D eigenvalue weighted by Crippen LogP contribution is -2.45. The van der Waals surface area contributed by atoms with Crippen molar-refractivity contribution in [3.63, 3.8) is 0 Å². The zero-order chi connectivity index (χ0) is 14.6. The van der Waals surface area contributed by atoms with E-state index in [1.54, 1.807) is 38.1 Å². The number of halogens is 2. The van der Waals surface area contributed by atoms with E-state index >= 15 is 0 Å². The standard InChI is InChI=1S/C13H15BrClNO3/c1-13(2,12(18)16-3)10(17)11(14)19-9-6-4-8(15)5-7-9/h4-7,11H,1-3H3,(H,16,18). The SMILES string of the molecule is CNC(=O)C(C)(C)C(=O)C(Br)Oc1ccc(Cl)cc1. The van der Waals surface area contributed by atoms with Crippen molar-refractivity contribution in [1.29, 1.82) is 0 Å². The van der Waals surface area contributed by atoms with Crippen LogP contribution in [0.3, 0.4) is 0 Å². The third-order valence-electron chi connectivity index (χ3n) is 2.67. The fourth-order valence-corrected chi connectivity index (χ4v) is 2.31. The van der Waals surface area contributed by atoms with Crippen LogP contribution in [0.2, 0.25) is 5.02 Å². The summed E-state index contributed by atoms with van der Waals surface area (Å²) in [5.41, 5.74) is -1.17. The lowest BCUT2D eigenvalue weighted by atomic mass is 9.87. The van der Waals surface area contributed by atoms with Gasteiger partial charge >= 0.3 is 0 Å². The molecule has 0 bridgehead atoms. The van der Waals surface area contributed by atoms with Gasteiger partial charge in [0.1, 0.15) is 11.2 Å². The molecule has 0 heterocycles. The third-order valence-corrected chi connectivity index (χ3v) is 3.52. The van der Waals surface area contributed by atoms with Gasteiger partial charge in [-0.3, -0.25) is 9.59 Å². The van der Waals surface area contributed by atoms with Gasteiger partial charge < -0.3 is 10.1 Å². The van der Waals surface area contributed by atoms with E-state index in [0.717, 1.165) is 0 Å². The summed E-state index contributed by atoms with van der Waals surface area (Å²) in [7, 11) is 1.49. The van der Waals surface area contributed by atoms with Crippen molar-refractivity contribution in [2.24, 2.45) is 5.41 Å². The smallest absolute Gasteiger partial charge is 0.233 e. The van der Waals surface area contributed by atoms with Gasteiger partial charge in [0.2, 0.25) is 10.9 Å². The second-order valence-corrected chi connectivity index (χ2v) is 5.72. The van der Waals surface area contributed by atoms with E-state index in [2.05, 4.69) is 21.2 Å². The number of carbonyl (C=O) groups is 2. The fourth-order valence-electron chi connectivity index (χ4n) is 1.39. The molecule has 1 amide bonds. The van der Waals surface area contributed by atoms with Crippen LogP contribution < -0.4 is 10.1 Å². The van der Waals surface area contributed by atoms with Crippen LogP contribution in [0.25, 0.3) is 0 Å². The number of benzene rings is 1. The van der Waals surface area contributed by atoms with E-state index in [4.69, 9.17) is 16.3 Å². The zero-order valence-electron chi connectivity index (χ0n) is 10.9. The lowest BCUT2D eigenvalue weighted by molar-refractivity contribution is -0.141. The number of nitrogens with one attached hydrogen (secondary N) is 1. The van der Waals surface area contributed by atoms with Gasteiger partial charge in [-0.05, 0) is 54.0 Å². The number of ketones is 1. The minimum absolute atomic E-state index is 0.359. The topological polar surface area (TPSA) is 55.4 Å². The molecule has 0 radical (unpaired) electrons. The molecule has 4 nitrogen and oxygen atoms in total. The number of hydrogen-bond acceptors (Lipinski definition) is 3. The Morgan fingerprint density at radius 1 is 1.32 bits per heavy atom. The molecular formula is C13H15BrClNO3. The molecule has 1 unspecified atom stereocenters. The van der Waals surface area contributed by atoms with Crippen LogP contribution in [-0.4, -0.2) is 23.8 Å². The van der Waals surface area contributed by atoms with Gasteiger partial charge in [0, 0.05) is 12.1 Å². The van der Waals surface area contributed by atoms with Crippen LogP contribution in [0.4, 0.5) is 0 Å². The number of ether oxygens (including phenoxy) is 1. The Bertz CT molecular complexity index is 473. The minimum Gasteiger partial charge on any atom is -0.471 e. The van der Waals surface area contributed by atoms with E-state index in [1.807, 2.05) is 0 Å². The van der Waals surface area contributed by atoms with E-state index in [9.17, 15) is 9.59 Å². The van der Waals surface area contributed by atoms with Crippen molar-refractivity contribution in [2.45, 2.75) is 18.9 Å². The average Bonchev–Trinajstić information content (AvgIpc) is 2.39. The first-order valence-electron chi connectivity index (χ1n) is 5.62. The highest BCUT2D eigenvalue weighted by Gasteiger charge is 2.39. The molecule has 1 atom stereocenters. The molecule has 6 heteroatoms. The van der Waals surface area contributed by atoms with Gasteiger partial charge in [0.25, 0.3) is 0 Å². The average molecular weight is 349 g/mol. The molecule has 19 heavy (non-hydrogen) atoms. The van der Waals surface area contributed by atoms with Crippen molar-refractivity contribution in [1.82, 2.24) is 5.32 Å². The van der Waals surface area contributed by atoms with Gasteiger partial charge in [-0.1, -0.05) is 11.6 Å². The number of amides is 1.